The molecule has 0 aliphatic rings. The summed E-state index contributed by atoms with van der Waals surface area (Å²) in [7, 11) is 0. The van der Waals surface area contributed by atoms with E-state index in [4.69, 9.17) is 10.00 Å². The lowest BCUT2D eigenvalue weighted by atomic mass is 10.2. The van der Waals surface area contributed by atoms with Gasteiger partial charge in [0, 0.05) is 0 Å². The van der Waals surface area contributed by atoms with Crippen LogP contribution in [0.3, 0.4) is 0 Å². The molecule has 0 fully saturated rings. The molecule has 2 rings (SSSR count). The smallest absolute Gasteiger partial charge is 0.213 e. The van der Waals surface area contributed by atoms with Gasteiger partial charge in [0.1, 0.15) is 12.4 Å². The molecule has 4 heteroatoms. The van der Waals surface area contributed by atoms with Crippen molar-refractivity contribution < 1.29 is 9.13 Å². The third-order valence-corrected chi connectivity index (χ3v) is 2.19. The van der Waals surface area contributed by atoms with Crippen molar-refractivity contribution in [1.29, 1.82) is 5.26 Å². The molecule has 1 aromatic heterocycles. The van der Waals surface area contributed by atoms with Gasteiger partial charge in [-0.1, -0.05) is 12.1 Å². The number of benzene rings is 1. The van der Waals surface area contributed by atoms with Gasteiger partial charge in [-0.15, -0.1) is 0 Å². The molecule has 0 N–H and O–H groups in total. The van der Waals surface area contributed by atoms with Crippen LogP contribution in [0.2, 0.25) is 0 Å². The van der Waals surface area contributed by atoms with Crippen molar-refractivity contribution >= 4 is 0 Å². The summed E-state index contributed by atoms with van der Waals surface area (Å²) < 4.78 is 17.9. The predicted octanol–water partition coefficient (Wildman–Crippen LogP) is 2.67. The van der Waals surface area contributed by atoms with Crippen molar-refractivity contribution in [1.82, 2.24) is 4.98 Å². The lowest BCUT2D eigenvalue weighted by Gasteiger charge is -2.05. The fourth-order valence-corrected chi connectivity index (χ4v) is 1.29. The zero-order chi connectivity index (χ0) is 12.1. The average Bonchev–Trinajstić information content (AvgIpc) is 2.39. The molecule has 2 aromatic rings. The van der Waals surface area contributed by atoms with E-state index in [1.807, 2.05) is 18.2 Å². The minimum Gasteiger partial charge on any atom is -0.487 e. The maximum absolute atomic E-state index is 12.5. The lowest BCUT2D eigenvalue weighted by molar-refractivity contribution is 0.304. The molecule has 0 unspecified atom stereocenters. The van der Waals surface area contributed by atoms with E-state index in [-0.39, 0.29) is 0 Å². The van der Waals surface area contributed by atoms with E-state index in [1.165, 1.54) is 18.3 Å². The van der Waals surface area contributed by atoms with Crippen LogP contribution in [0.5, 0.6) is 5.75 Å². The average molecular weight is 228 g/mol. The van der Waals surface area contributed by atoms with Crippen LogP contribution < -0.4 is 4.74 Å². The van der Waals surface area contributed by atoms with Crippen LogP contribution in [0.25, 0.3) is 0 Å². The summed E-state index contributed by atoms with van der Waals surface area (Å²) in [6, 6.07) is 11.9. The molecular formula is C13H9FN2O. The van der Waals surface area contributed by atoms with Crippen LogP contribution in [0, 0.1) is 17.3 Å². The van der Waals surface area contributed by atoms with Gasteiger partial charge in [-0.2, -0.15) is 9.65 Å². The number of ether oxygens (including phenoxy) is 1. The first-order valence-corrected chi connectivity index (χ1v) is 5.01. The Morgan fingerprint density at radius 3 is 2.53 bits per heavy atom. The van der Waals surface area contributed by atoms with E-state index in [1.54, 1.807) is 12.1 Å². The molecule has 0 atom stereocenters. The number of nitrogens with zero attached hydrogens (tertiary/aromatic N) is 2. The minimum atomic E-state index is -0.532. The molecule has 0 spiro atoms. The summed E-state index contributed by atoms with van der Waals surface area (Å²) in [4.78, 5) is 3.48. The van der Waals surface area contributed by atoms with Gasteiger partial charge >= 0.3 is 0 Å². The highest BCUT2D eigenvalue weighted by atomic mass is 19.1. The molecule has 1 aromatic carbocycles. The number of aromatic nitrogens is 1. The molecule has 0 aliphatic heterocycles. The summed E-state index contributed by atoms with van der Waals surface area (Å²) in [5.41, 5.74) is 1.55. The van der Waals surface area contributed by atoms with Crippen LogP contribution in [-0.2, 0) is 6.61 Å². The third kappa shape index (κ3) is 3.02. The Morgan fingerprint density at radius 2 is 1.94 bits per heavy atom. The fourth-order valence-electron chi connectivity index (χ4n) is 1.29. The van der Waals surface area contributed by atoms with Gasteiger partial charge in [0.25, 0.3) is 0 Å². The first kappa shape index (κ1) is 11.1. The maximum Gasteiger partial charge on any atom is 0.213 e. The summed E-state index contributed by atoms with van der Waals surface area (Å²) in [5.74, 6) is -0.0218. The summed E-state index contributed by atoms with van der Waals surface area (Å²) >= 11 is 0. The summed E-state index contributed by atoms with van der Waals surface area (Å²) in [6.45, 7) is 0.360. The standard InChI is InChI=1S/C13H9FN2O/c14-13-6-5-12(8-16-13)17-9-11-3-1-10(7-15)2-4-11/h1-6,8H,9H2. The number of nitriles is 1. The van der Waals surface area contributed by atoms with Crippen LogP contribution in [0.1, 0.15) is 11.1 Å². The minimum absolute atomic E-state index is 0.360. The highest BCUT2D eigenvalue weighted by Crippen LogP contribution is 2.11. The molecule has 3 nitrogen and oxygen atoms in total. The Bertz CT molecular complexity index is 529. The van der Waals surface area contributed by atoms with Crippen molar-refractivity contribution in [3.63, 3.8) is 0 Å². The highest BCUT2D eigenvalue weighted by Gasteiger charge is 1.98. The molecule has 0 bridgehead atoms. The van der Waals surface area contributed by atoms with Gasteiger partial charge < -0.3 is 4.74 Å². The number of hydrogen-bond acceptors (Lipinski definition) is 3. The Balaban J connectivity index is 1.98. The van der Waals surface area contributed by atoms with Gasteiger partial charge in [0.2, 0.25) is 5.95 Å². The first-order chi connectivity index (χ1) is 8.28. The van der Waals surface area contributed by atoms with Gasteiger partial charge in [-0.05, 0) is 29.8 Å². The number of pyridine rings is 1. The van der Waals surface area contributed by atoms with E-state index in [0.717, 1.165) is 5.56 Å². The SMILES string of the molecule is N#Cc1ccc(COc2ccc(F)nc2)cc1. The molecule has 0 saturated heterocycles. The van der Waals surface area contributed by atoms with Gasteiger partial charge in [-0.3, -0.25) is 0 Å². The molecule has 0 saturated carbocycles. The molecular weight excluding hydrogens is 219 g/mol. The predicted molar refractivity (Wildman–Crippen MR) is 59.7 cm³/mol. The molecule has 0 amide bonds. The lowest BCUT2D eigenvalue weighted by Crippen LogP contribution is -1.96. The zero-order valence-corrected chi connectivity index (χ0v) is 8.93. The van der Waals surface area contributed by atoms with Crippen LogP contribution >= 0.6 is 0 Å². The van der Waals surface area contributed by atoms with Gasteiger partial charge in [-0.25, -0.2) is 4.98 Å². The molecule has 0 radical (unpaired) electrons. The second-order valence-corrected chi connectivity index (χ2v) is 3.41. The highest BCUT2D eigenvalue weighted by molar-refractivity contribution is 5.31. The monoisotopic (exact) mass is 228 g/mol. The largest absolute Gasteiger partial charge is 0.487 e. The summed E-state index contributed by atoms with van der Waals surface area (Å²) in [6.07, 6.45) is 1.33. The van der Waals surface area contributed by atoms with Crippen LogP contribution in [0.15, 0.2) is 42.6 Å². The van der Waals surface area contributed by atoms with E-state index in [0.29, 0.717) is 17.9 Å². The Hall–Kier alpha value is -2.41. The number of rotatable bonds is 3. The molecule has 17 heavy (non-hydrogen) atoms. The Morgan fingerprint density at radius 1 is 1.18 bits per heavy atom. The van der Waals surface area contributed by atoms with Crippen molar-refractivity contribution in [2.24, 2.45) is 0 Å². The third-order valence-electron chi connectivity index (χ3n) is 2.19. The topological polar surface area (TPSA) is 45.9 Å². The first-order valence-electron chi connectivity index (χ1n) is 5.01. The van der Waals surface area contributed by atoms with Crippen molar-refractivity contribution in [2.45, 2.75) is 6.61 Å². The maximum atomic E-state index is 12.5. The van der Waals surface area contributed by atoms with Crippen LogP contribution in [0.4, 0.5) is 4.39 Å². The quantitative estimate of drug-likeness (QED) is 0.759. The van der Waals surface area contributed by atoms with Crippen molar-refractivity contribution in [2.75, 3.05) is 0 Å². The van der Waals surface area contributed by atoms with E-state index >= 15 is 0 Å². The van der Waals surface area contributed by atoms with E-state index in [2.05, 4.69) is 4.98 Å². The van der Waals surface area contributed by atoms with Gasteiger partial charge in [0.05, 0.1) is 17.8 Å². The fraction of sp³-hybridized carbons (Fsp3) is 0.0769. The van der Waals surface area contributed by atoms with Crippen molar-refractivity contribution in [3.8, 4) is 11.8 Å². The van der Waals surface area contributed by atoms with Crippen molar-refractivity contribution in [3.05, 3.63) is 59.7 Å². The summed E-state index contributed by atoms with van der Waals surface area (Å²) in [5, 5.41) is 8.64. The Labute approximate surface area is 98.1 Å². The van der Waals surface area contributed by atoms with Crippen LogP contribution in [-0.4, -0.2) is 4.98 Å². The Kier molecular flexibility index (Phi) is 3.31. The molecule has 0 aliphatic carbocycles. The molecule has 1 heterocycles. The number of hydrogen-bond donors (Lipinski definition) is 0. The second kappa shape index (κ2) is 5.08. The zero-order valence-electron chi connectivity index (χ0n) is 8.93. The molecule has 84 valence electrons. The van der Waals surface area contributed by atoms with E-state index in [9.17, 15) is 4.39 Å². The van der Waals surface area contributed by atoms with E-state index < -0.39 is 5.95 Å². The normalized spacial score (nSPS) is 9.65. The number of halogens is 1. The van der Waals surface area contributed by atoms with Gasteiger partial charge in [0.15, 0.2) is 0 Å². The second-order valence-electron chi connectivity index (χ2n) is 3.41.